The monoisotopic (exact) mass is 211 g/mol. The molecule has 0 heterocycles. The Bertz CT molecular complexity index is 278. The highest BCUT2D eigenvalue weighted by molar-refractivity contribution is 6.45. The second-order valence-electron chi connectivity index (χ2n) is 2.07. The van der Waals surface area contributed by atoms with Gasteiger partial charge in [0.25, 0.3) is 0 Å². The van der Waals surface area contributed by atoms with Crippen molar-refractivity contribution < 1.29 is 8.78 Å². The molecule has 0 fully saturated rings. The summed E-state index contributed by atoms with van der Waals surface area (Å²) in [4.78, 5) is -0.838. The fourth-order valence-corrected chi connectivity index (χ4v) is 0.964. The molecule has 0 saturated heterocycles. The molecule has 0 bridgehead atoms. The highest BCUT2D eigenvalue weighted by Crippen LogP contribution is 2.15. The van der Waals surface area contributed by atoms with Crippen LogP contribution in [0.3, 0.4) is 0 Å². The molecule has 0 aliphatic rings. The third-order valence-corrected chi connectivity index (χ3v) is 1.41. The average Bonchev–Trinajstić information content (AvgIpc) is 1.96. The Kier molecular flexibility index (Phi) is 3.12. The van der Waals surface area contributed by atoms with Crippen molar-refractivity contribution in [1.82, 2.24) is 0 Å². The van der Waals surface area contributed by atoms with E-state index in [1.807, 2.05) is 0 Å². The van der Waals surface area contributed by atoms with E-state index in [9.17, 15) is 8.78 Å². The zero-order valence-electron chi connectivity index (χ0n) is 5.82. The molecule has 1 N–H and O–H groups in total. The lowest BCUT2D eigenvalue weighted by Gasteiger charge is -2.05. The molecule has 0 spiro atoms. The van der Waals surface area contributed by atoms with Crippen LogP contribution in [0, 0.1) is 11.6 Å². The second-order valence-corrected chi connectivity index (χ2v) is 3.17. The van der Waals surface area contributed by atoms with Crippen molar-refractivity contribution in [3.63, 3.8) is 0 Å². The maximum Gasteiger partial charge on any atom is 0.177 e. The largest absolute Gasteiger partial charge is 0.357 e. The number of hydrogen-bond donors (Lipinski definition) is 1. The molecule has 5 heteroatoms. The Morgan fingerprint density at radius 3 is 2.33 bits per heavy atom. The van der Waals surface area contributed by atoms with E-state index in [-0.39, 0.29) is 0 Å². The van der Waals surface area contributed by atoms with Gasteiger partial charge in [-0.3, -0.25) is 0 Å². The molecule has 0 saturated carbocycles. The Morgan fingerprint density at radius 1 is 1.17 bits per heavy atom. The van der Waals surface area contributed by atoms with Gasteiger partial charge in [0.1, 0.15) is 0 Å². The number of hydrogen-bond acceptors (Lipinski definition) is 1. The molecule has 1 rings (SSSR count). The standard InChI is InChI=1S/C7H5Cl2F2N/c8-7(9)12-4-1-2-5(10)6(11)3-4/h1-3,7,12H. The van der Waals surface area contributed by atoms with Crippen LogP contribution in [0.4, 0.5) is 14.5 Å². The van der Waals surface area contributed by atoms with Crippen molar-refractivity contribution >= 4 is 28.9 Å². The molecule has 1 nitrogen and oxygen atoms in total. The van der Waals surface area contributed by atoms with E-state index in [1.165, 1.54) is 6.07 Å². The van der Waals surface area contributed by atoms with E-state index in [4.69, 9.17) is 23.2 Å². The molecule has 1 aromatic carbocycles. The Morgan fingerprint density at radius 2 is 1.83 bits per heavy atom. The number of rotatable bonds is 2. The summed E-state index contributed by atoms with van der Waals surface area (Å²) in [6, 6.07) is 3.32. The van der Waals surface area contributed by atoms with Crippen LogP contribution in [0.1, 0.15) is 0 Å². The molecular formula is C7H5Cl2F2N. The third-order valence-electron chi connectivity index (χ3n) is 1.20. The van der Waals surface area contributed by atoms with Crippen LogP contribution in [0.25, 0.3) is 0 Å². The fraction of sp³-hybridized carbons (Fsp3) is 0.143. The van der Waals surface area contributed by atoms with Crippen molar-refractivity contribution in [3.05, 3.63) is 29.8 Å². The van der Waals surface area contributed by atoms with Gasteiger partial charge in [-0.15, -0.1) is 0 Å². The Balaban J connectivity index is 2.82. The summed E-state index contributed by atoms with van der Waals surface area (Å²) in [5, 5.41) is 2.50. The maximum absolute atomic E-state index is 12.5. The van der Waals surface area contributed by atoms with E-state index < -0.39 is 16.6 Å². The average molecular weight is 212 g/mol. The van der Waals surface area contributed by atoms with Gasteiger partial charge in [-0.05, 0) is 12.1 Å². The smallest absolute Gasteiger partial charge is 0.177 e. The molecule has 0 aliphatic carbocycles. The number of anilines is 1. The molecule has 1 aromatic rings. The van der Waals surface area contributed by atoms with Crippen LogP contribution < -0.4 is 5.32 Å². The third kappa shape index (κ3) is 2.50. The molecule has 0 unspecified atom stereocenters. The van der Waals surface area contributed by atoms with Crippen molar-refractivity contribution in [3.8, 4) is 0 Å². The Hall–Kier alpha value is -0.540. The van der Waals surface area contributed by atoms with Gasteiger partial charge in [-0.1, -0.05) is 23.2 Å². The van der Waals surface area contributed by atoms with Crippen molar-refractivity contribution in [1.29, 1.82) is 0 Å². The minimum atomic E-state index is -0.936. The quantitative estimate of drug-likeness (QED) is 0.586. The first-order valence-corrected chi connectivity index (χ1v) is 3.96. The van der Waals surface area contributed by atoms with E-state index in [0.29, 0.717) is 5.69 Å². The van der Waals surface area contributed by atoms with Gasteiger partial charge in [-0.25, -0.2) is 8.78 Å². The molecule has 0 radical (unpaired) electrons. The van der Waals surface area contributed by atoms with Gasteiger partial charge in [-0.2, -0.15) is 0 Å². The minimum absolute atomic E-state index is 0.337. The molecule has 66 valence electrons. The molecule has 12 heavy (non-hydrogen) atoms. The van der Waals surface area contributed by atoms with Crippen LogP contribution >= 0.6 is 23.2 Å². The highest BCUT2D eigenvalue weighted by atomic mass is 35.5. The second kappa shape index (κ2) is 3.92. The van der Waals surface area contributed by atoms with Gasteiger partial charge in [0.15, 0.2) is 16.6 Å². The summed E-state index contributed by atoms with van der Waals surface area (Å²) in [7, 11) is 0. The summed E-state index contributed by atoms with van der Waals surface area (Å²) in [6.07, 6.45) is 0. The zero-order valence-corrected chi connectivity index (χ0v) is 7.33. The van der Waals surface area contributed by atoms with E-state index in [2.05, 4.69) is 5.32 Å². The summed E-state index contributed by atoms with van der Waals surface area (Å²) in [5.41, 5.74) is 0.337. The summed E-state index contributed by atoms with van der Waals surface area (Å²) in [5.74, 6) is -1.84. The molecule has 0 aliphatic heterocycles. The van der Waals surface area contributed by atoms with E-state index >= 15 is 0 Å². The van der Waals surface area contributed by atoms with Crippen LogP contribution in [-0.4, -0.2) is 4.96 Å². The van der Waals surface area contributed by atoms with Crippen molar-refractivity contribution in [2.45, 2.75) is 4.96 Å². The first-order chi connectivity index (χ1) is 5.59. The minimum Gasteiger partial charge on any atom is -0.357 e. The number of nitrogens with one attached hydrogen (secondary N) is 1. The topological polar surface area (TPSA) is 12.0 Å². The fourth-order valence-electron chi connectivity index (χ4n) is 0.712. The Labute approximate surface area is 78.3 Å². The predicted octanol–water partition coefficient (Wildman–Crippen LogP) is 3.14. The van der Waals surface area contributed by atoms with Gasteiger partial charge >= 0.3 is 0 Å². The van der Waals surface area contributed by atoms with Crippen molar-refractivity contribution in [2.24, 2.45) is 0 Å². The molecular weight excluding hydrogens is 207 g/mol. The number of benzene rings is 1. The predicted molar refractivity (Wildman–Crippen MR) is 45.5 cm³/mol. The van der Waals surface area contributed by atoms with Crippen LogP contribution in [-0.2, 0) is 0 Å². The SMILES string of the molecule is Fc1ccc(NC(Cl)Cl)cc1F. The van der Waals surface area contributed by atoms with Crippen LogP contribution in [0.15, 0.2) is 18.2 Å². The molecule has 0 aromatic heterocycles. The van der Waals surface area contributed by atoms with Crippen LogP contribution in [0.5, 0.6) is 0 Å². The normalized spacial score (nSPS) is 10.4. The first kappa shape index (κ1) is 9.55. The van der Waals surface area contributed by atoms with Crippen molar-refractivity contribution in [2.75, 3.05) is 5.32 Å². The van der Waals surface area contributed by atoms with E-state index in [0.717, 1.165) is 12.1 Å². The summed E-state index contributed by atoms with van der Waals surface area (Å²) in [6.45, 7) is 0. The summed E-state index contributed by atoms with van der Waals surface area (Å²) < 4.78 is 24.9. The van der Waals surface area contributed by atoms with Gasteiger partial charge in [0, 0.05) is 11.8 Å². The first-order valence-electron chi connectivity index (χ1n) is 3.09. The van der Waals surface area contributed by atoms with Gasteiger partial charge < -0.3 is 5.32 Å². The van der Waals surface area contributed by atoms with Gasteiger partial charge in [0.2, 0.25) is 0 Å². The number of alkyl halides is 2. The lowest BCUT2D eigenvalue weighted by atomic mass is 10.3. The van der Waals surface area contributed by atoms with Crippen LogP contribution in [0.2, 0.25) is 0 Å². The number of halogens is 4. The lowest BCUT2D eigenvalue weighted by Crippen LogP contribution is -2.04. The summed E-state index contributed by atoms with van der Waals surface area (Å²) >= 11 is 10.7. The molecule has 0 amide bonds. The van der Waals surface area contributed by atoms with Gasteiger partial charge in [0.05, 0.1) is 0 Å². The zero-order chi connectivity index (χ0) is 9.14. The van der Waals surface area contributed by atoms with E-state index in [1.54, 1.807) is 0 Å². The highest BCUT2D eigenvalue weighted by Gasteiger charge is 2.03. The maximum atomic E-state index is 12.5. The molecule has 0 atom stereocenters. The lowest BCUT2D eigenvalue weighted by molar-refractivity contribution is 0.509.